The standard InChI is InChI=1S/C23H18FN7/c24-18-13-15(12-14-4-1-5-16(14)18)31-22(17-6-2-9-26-21(17)25)28-19-7-8-20(29-23(19)31)30-11-3-10-27-30/h2-3,6-13H,1,4-5H2,(H2,25,26). The molecule has 0 saturated heterocycles. The van der Waals surface area contributed by atoms with Crippen LogP contribution in [0.2, 0.25) is 0 Å². The molecule has 0 fully saturated rings. The molecule has 5 aromatic rings. The van der Waals surface area contributed by atoms with Gasteiger partial charge in [-0.3, -0.25) is 4.57 Å². The maximum absolute atomic E-state index is 15.0. The van der Waals surface area contributed by atoms with E-state index >= 15 is 0 Å². The highest BCUT2D eigenvalue weighted by atomic mass is 19.1. The molecule has 4 heterocycles. The van der Waals surface area contributed by atoms with Gasteiger partial charge in [0.25, 0.3) is 0 Å². The predicted molar refractivity (Wildman–Crippen MR) is 116 cm³/mol. The SMILES string of the molecule is Nc1ncccc1-c1nc2ccc(-n3cccn3)nc2n1-c1cc(F)c2c(c1)CCC2. The normalized spacial score (nSPS) is 13.1. The number of imidazole rings is 1. The summed E-state index contributed by atoms with van der Waals surface area (Å²) in [6.45, 7) is 0. The summed E-state index contributed by atoms with van der Waals surface area (Å²) in [5.41, 5.74) is 10.6. The van der Waals surface area contributed by atoms with Crippen LogP contribution in [-0.4, -0.2) is 29.3 Å². The average molecular weight is 411 g/mol. The van der Waals surface area contributed by atoms with Crippen LogP contribution in [0.5, 0.6) is 0 Å². The van der Waals surface area contributed by atoms with Gasteiger partial charge in [0.15, 0.2) is 17.3 Å². The summed E-state index contributed by atoms with van der Waals surface area (Å²) in [6, 6.07) is 12.8. The maximum atomic E-state index is 15.0. The molecular formula is C23H18FN7. The zero-order valence-electron chi connectivity index (χ0n) is 16.5. The van der Waals surface area contributed by atoms with Gasteiger partial charge in [0.05, 0.1) is 11.3 Å². The minimum absolute atomic E-state index is 0.194. The first-order valence-electron chi connectivity index (χ1n) is 10.1. The molecule has 1 aliphatic carbocycles. The molecule has 8 heteroatoms. The fourth-order valence-electron chi connectivity index (χ4n) is 4.28. The molecule has 1 aliphatic rings. The van der Waals surface area contributed by atoms with Crippen molar-refractivity contribution in [2.45, 2.75) is 19.3 Å². The number of nitrogen functional groups attached to an aromatic ring is 1. The van der Waals surface area contributed by atoms with Crippen LogP contribution >= 0.6 is 0 Å². The quantitative estimate of drug-likeness (QED) is 0.487. The summed E-state index contributed by atoms with van der Waals surface area (Å²) in [4.78, 5) is 13.8. The molecule has 152 valence electrons. The van der Waals surface area contributed by atoms with Crippen LogP contribution in [0.1, 0.15) is 17.5 Å². The average Bonchev–Trinajstić information content (AvgIpc) is 3.52. The number of aryl methyl sites for hydroxylation is 1. The number of nitrogens with two attached hydrogens (primary N) is 1. The van der Waals surface area contributed by atoms with Gasteiger partial charge in [0.1, 0.15) is 17.2 Å². The molecule has 4 aromatic heterocycles. The Morgan fingerprint density at radius 1 is 1.00 bits per heavy atom. The molecule has 0 aliphatic heterocycles. The molecular weight excluding hydrogens is 393 g/mol. The highest BCUT2D eigenvalue weighted by molar-refractivity contribution is 5.83. The number of hydrogen-bond acceptors (Lipinski definition) is 5. The second-order valence-electron chi connectivity index (χ2n) is 7.59. The molecule has 0 radical (unpaired) electrons. The lowest BCUT2D eigenvalue weighted by Gasteiger charge is -2.13. The first-order valence-corrected chi connectivity index (χ1v) is 10.1. The van der Waals surface area contributed by atoms with Gasteiger partial charge in [-0.1, -0.05) is 0 Å². The van der Waals surface area contributed by atoms with Crippen molar-refractivity contribution in [1.29, 1.82) is 0 Å². The zero-order chi connectivity index (χ0) is 20.9. The minimum atomic E-state index is -0.194. The van der Waals surface area contributed by atoms with E-state index in [0.717, 1.165) is 30.4 Å². The Kier molecular flexibility index (Phi) is 3.86. The van der Waals surface area contributed by atoms with Gasteiger partial charge in [-0.25, -0.2) is 24.0 Å². The summed E-state index contributed by atoms with van der Waals surface area (Å²) in [5.74, 6) is 1.38. The van der Waals surface area contributed by atoms with Crippen molar-refractivity contribution in [3.63, 3.8) is 0 Å². The van der Waals surface area contributed by atoms with Crippen LogP contribution in [0.3, 0.4) is 0 Å². The summed E-state index contributed by atoms with van der Waals surface area (Å²) < 4.78 is 18.5. The van der Waals surface area contributed by atoms with Crippen molar-refractivity contribution in [3.05, 3.63) is 78.0 Å². The molecule has 0 amide bonds. The van der Waals surface area contributed by atoms with Crippen molar-refractivity contribution in [1.82, 2.24) is 29.3 Å². The smallest absolute Gasteiger partial charge is 0.167 e. The fourth-order valence-corrected chi connectivity index (χ4v) is 4.28. The van der Waals surface area contributed by atoms with Gasteiger partial charge in [0.2, 0.25) is 0 Å². The van der Waals surface area contributed by atoms with Crippen molar-refractivity contribution >= 4 is 17.0 Å². The zero-order valence-corrected chi connectivity index (χ0v) is 16.5. The van der Waals surface area contributed by atoms with Crippen LogP contribution < -0.4 is 5.73 Å². The summed E-state index contributed by atoms with van der Waals surface area (Å²) >= 11 is 0. The highest BCUT2D eigenvalue weighted by Crippen LogP contribution is 2.33. The second-order valence-corrected chi connectivity index (χ2v) is 7.59. The van der Waals surface area contributed by atoms with Crippen LogP contribution in [0.25, 0.3) is 34.1 Å². The Morgan fingerprint density at radius 2 is 1.94 bits per heavy atom. The third-order valence-corrected chi connectivity index (χ3v) is 5.71. The van der Waals surface area contributed by atoms with Crippen molar-refractivity contribution in [2.24, 2.45) is 0 Å². The Morgan fingerprint density at radius 3 is 2.77 bits per heavy atom. The van der Waals surface area contributed by atoms with Gasteiger partial charge in [-0.05, 0) is 72.9 Å². The van der Waals surface area contributed by atoms with Gasteiger partial charge in [-0.15, -0.1) is 0 Å². The number of pyridine rings is 2. The number of fused-ring (bicyclic) bond motifs is 2. The Bertz CT molecular complexity index is 1440. The summed E-state index contributed by atoms with van der Waals surface area (Å²) in [5, 5.41) is 4.27. The number of benzene rings is 1. The molecule has 0 saturated carbocycles. The lowest BCUT2D eigenvalue weighted by atomic mass is 10.1. The summed E-state index contributed by atoms with van der Waals surface area (Å²) in [6.07, 6.45) is 7.75. The second kappa shape index (κ2) is 6.73. The first kappa shape index (κ1) is 17.8. The topological polar surface area (TPSA) is 87.4 Å². The number of aromatic nitrogens is 6. The Balaban J connectivity index is 1.67. The van der Waals surface area contributed by atoms with E-state index in [1.807, 2.05) is 41.1 Å². The molecule has 7 nitrogen and oxygen atoms in total. The third-order valence-electron chi connectivity index (χ3n) is 5.71. The number of rotatable bonds is 3. The largest absolute Gasteiger partial charge is 0.383 e. The third kappa shape index (κ3) is 2.79. The van der Waals surface area contributed by atoms with Gasteiger partial charge in [-0.2, -0.15) is 5.10 Å². The molecule has 1 aromatic carbocycles. The van der Waals surface area contributed by atoms with E-state index in [0.29, 0.717) is 39.9 Å². The monoisotopic (exact) mass is 411 g/mol. The van der Waals surface area contributed by atoms with Gasteiger partial charge >= 0.3 is 0 Å². The van der Waals surface area contributed by atoms with Crippen molar-refractivity contribution in [3.8, 4) is 22.9 Å². The summed E-state index contributed by atoms with van der Waals surface area (Å²) in [7, 11) is 0. The Labute approximate surface area is 177 Å². The molecule has 0 bridgehead atoms. The molecule has 2 N–H and O–H groups in total. The van der Waals surface area contributed by atoms with Crippen molar-refractivity contribution in [2.75, 3.05) is 5.73 Å². The number of nitrogens with zero attached hydrogens (tertiary/aromatic N) is 6. The Hall–Kier alpha value is -4.07. The van der Waals surface area contributed by atoms with E-state index in [2.05, 4.69) is 10.1 Å². The number of hydrogen-bond donors (Lipinski definition) is 1. The van der Waals surface area contributed by atoms with E-state index in [4.69, 9.17) is 15.7 Å². The number of anilines is 1. The van der Waals surface area contributed by atoms with Crippen LogP contribution in [0, 0.1) is 5.82 Å². The van der Waals surface area contributed by atoms with E-state index < -0.39 is 0 Å². The van der Waals surface area contributed by atoms with Crippen LogP contribution in [0.15, 0.2) is 61.1 Å². The maximum Gasteiger partial charge on any atom is 0.167 e. The minimum Gasteiger partial charge on any atom is -0.383 e. The van der Waals surface area contributed by atoms with Gasteiger partial charge < -0.3 is 5.73 Å². The van der Waals surface area contributed by atoms with Crippen LogP contribution in [-0.2, 0) is 12.8 Å². The molecule has 0 spiro atoms. The highest BCUT2D eigenvalue weighted by Gasteiger charge is 2.22. The van der Waals surface area contributed by atoms with E-state index in [9.17, 15) is 4.39 Å². The molecule has 6 rings (SSSR count). The lowest BCUT2D eigenvalue weighted by molar-refractivity contribution is 0.611. The predicted octanol–water partition coefficient (Wildman–Crippen LogP) is 3.88. The molecule has 0 unspecified atom stereocenters. The number of halogens is 1. The molecule has 0 atom stereocenters. The van der Waals surface area contributed by atoms with E-state index in [1.165, 1.54) is 0 Å². The lowest BCUT2D eigenvalue weighted by Crippen LogP contribution is -2.05. The van der Waals surface area contributed by atoms with Crippen molar-refractivity contribution < 1.29 is 4.39 Å². The van der Waals surface area contributed by atoms with E-state index in [1.54, 1.807) is 29.2 Å². The molecule has 31 heavy (non-hydrogen) atoms. The first-order chi connectivity index (χ1) is 15.2. The fraction of sp³-hybridized carbons (Fsp3) is 0.130. The van der Waals surface area contributed by atoms with Gasteiger partial charge in [0, 0.05) is 18.6 Å². The van der Waals surface area contributed by atoms with Crippen LogP contribution in [0.4, 0.5) is 10.2 Å². The van der Waals surface area contributed by atoms with E-state index in [-0.39, 0.29) is 5.82 Å².